The molecule has 0 saturated heterocycles. The number of anilines is 3. The summed E-state index contributed by atoms with van der Waals surface area (Å²) in [5, 5.41) is 12.5. The lowest BCUT2D eigenvalue weighted by molar-refractivity contribution is 0.704. The van der Waals surface area contributed by atoms with E-state index in [1.54, 1.807) is 23.3 Å². The maximum absolute atomic E-state index is 5.84. The second-order valence-corrected chi connectivity index (χ2v) is 5.55. The van der Waals surface area contributed by atoms with Crippen LogP contribution in [0.1, 0.15) is 5.56 Å². The molecule has 0 atom stereocenters. The zero-order valence-corrected chi connectivity index (χ0v) is 13.1. The van der Waals surface area contributed by atoms with Crippen LogP contribution in [0.2, 0.25) is 0 Å². The molecule has 0 spiro atoms. The quantitative estimate of drug-likeness (QED) is 0.557. The van der Waals surface area contributed by atoms with Gasteiger partial charge in [0.25, 0.3) is 0 Å². The number of nitrogens with zero attached hydrogens (tertiary/aromatic N) is 6. The Balaban J connectivity index is 1.65. The molecule has 0 aliphatic heterocycles. The van der Waals surface area contributed by atoms with E-state index in [0.29, 0.717) is 12.5 Å². The predicted molar refractivity (Wildman–Crippen MR) is 91.8 cm³/mol. The molecule has 8 nitrogen and oxygen atoms in total. The molecule has 0 bridgehead atoms. The normalized spacial score (nSPS) is 11.0. The van der Waals surface area contributed by atoms with Crippen LogP contribution in [0.15, 0.2) is 49.1 Å². The largest absolute Gasteiger partial charge is 0.399 e. The summed E-state index contributed by atoms with van der Waals surface area (Å²) in [5.74, 6) is 0.504. The number of nitrogens with one attached hydrogen (secondary N) is 1. The van der Waals surface area contributed by atoms with E-state index in [4.69, 9.17) is 5.73 Å². The molecule has 120 valence electrons. The fraction of sp³-hybridized carbons (Fsp3) is 0.125. The van der Waals surface area contributed by atoms with Gasteiger partial charge in [-0.25, -0.2) is 9.67 Å². The third-order valence-electron chi connectivity index (χ3n) is 3.62. The van der Waals surface area contributed by atoms with Gasteiger partial charge in [-0.05, 0) is 17.7 Å². The number of aryl methyl sites for hydroxylation is 1. The first-order chi connectivity index (χ1) is 11.7. The number of nitrogen functional groups attached to an aromatic ring is 1. The van der Waals surface area contributed by atoms with Crippen molar-refractivity contribution in [2.45, 2.75) is 6.54 Å². The highest BCUT2D eigenvalue weighted by molar-refractivity contribution is 5.75. The standard InChI is InChI=1S/C16H16N8/c1-23-10-14(8-19-23)21-16-18-6-12-7-20-24(15(12)22-16)9-11-3-2-4-13(17)5-11/h2-8,10H,9,17H2,1H3,(H,18,21,22). The lowest BCUT2D eigenvalue weighted by Crippen LogP contribution is -2.04. The Labute approximate surface area is 138 Å². The molecule has 4 aromatic rings. The summed E-state index contributed by atoms with van der Waals surface area (Å²) in [6.45, 7) is 0.595. The van der Waals surface area contributed by atoms with Gasteiger partial charge in [-0.2, -0.15) is 15.2 Å². The van der Waals surface area contributed by atoms with E-state index in [9.17, 15) is 0 Å². The number of rotatable bonds is 4. The molecule has 4 rings (SSSR count). The second kappa shape index (κ2) is 5.65. The van der Waals surface area contributed by atoms with Crippen molar-refractivity contribution in [3.8, 4) is 0 Å². The molecule has 3 heterocycles. The Morgan fingerprint density at radius 2 is 2.08 bits per heavy atom. The minimum atomic E-state index is 0.504. The Hall–Kier alpha value is -3.42. The van der Waals surface area contributed by atoms with Crippen molar-refractivity contribution in [3.05, 3.63) is 54.6 Å². The number of benzene rings is 1. The third kappa shape index (κ3) is 2.76. The van der Waals surface area contributed by atoms with Crippen LogP contribution in [-0.2, 0) is 13.6 Å². The molecule has 1 aromatic carbocycles. The molecule has 8 heteroatoms. The van der Waals surface area contributed by atoms with E-state index in [-0.39, 0.29) is 0 Å². The highest BCUT2D eigenvalue weighted by atomic mass is 15.3. The van der Waals surface area contributed by atoms with Gasteiger partial charge in [0.15, 0.2) is 5.65 Å². The number of aromatic nitrogens is 6. The fourth-order valence-corrected chi connectivity index (χ4v) is 2.52. The van der Waals surface area contributed by atoms with Gasteiger partial charge in [0, 0.05) is 25.1 Å². The smallest absolute Gasteiger partial charge is 0.229 e. The minimum Gasteiger partial charge on any atom is -0.399 e. The first-order valence-electron chi connectivity index (χ1n) is 7.46. The summed E-state index contributed by atoms with van der Waals surface area (Å²) < 4.78 is 3.55. The van der Waals surface area contributed by atoms with Crippen LogP contribution in [0.4, 0.5) is 17.3 Å². The predicted octanol–water partition coefficient (Wildman–Crippen LogP) is 1.93. The molecule has 0 fully saturated rings. The van der Waals surface area contributed by atoms with Gasteiger partial charge < -0.3 is 11.1 Å². The van der Waals surface area contributed by atoms with E-state index < -0.39 is 0 Å². The minimum absolute atomic E-state index is 0.504. The summed E-state index contributed by atoms with van der Waals surface area (Å²) in [6.07, 6.45) is 7.09. The molecule has 0 aliphatic rings. The van der Waals surface area contributed by atoms with E-state index in [1.807, 2.05) is 42.2 Å². The maximum atomic E-state index is 5.84. The second-order valence-electron chi connectivity index (χ2n) is 5.55. The third-order valence-corrected chi connectivity index (χ3v) is 3.62. The lowest BCUT2D eigenvalue weighted by Gasteiger charge is -2.06. The Bertz CT molecular complexity index is 1000. The molecule has 0 amide bonds. The van der Waals surface area contributed by atoms with Gasteiger partial charge in [0.1, 0.15) is 0 Å². The number of fused-ring (bicyclic) bond motifs is 1. The lowest BCUT2D eigenvalue weighted by atomic mass is 10.2. The van der Waals surface area contributed by atoms with Gasteiger partial charge >= 0.3 is 0 Å². The summed E-state index contributed by atoms with van der Waals surface area (Å²) in [4.78, 5) is 8.88. The summed E-state index contributed by atoms with van der Waals surface area (Å²) in [5.41, 5.74) is 9.24. The van der Waals surface area contributed by atoms with Crippen molar-refractivity contribution in [3.63, 3.8) is 0 Å². The van der Waals surface area contributed by atoms with E-state index in [2.05, 4.69) is 25.5 Å². The SMILES string of the molecule is Cn1cc(Nc2ncc3cnn(Cc4cccc(N)c4)c3n2)cn1. The van der Waals surface area contributed by atoms with Crippen LogP contribution in [0.5, 0.6) is 0 Å². The Morgan fingerprint density at radius 1 is 1.17 bits per heavy atom. The fourth-order valence-electron chi connectivity index (χ4n) is 2.52. The zero-order valence-electron chi connectivity index (χ0n) is 13.1. The molecule has 0 unspecified atom stereocenters. The monoisotopic (exact) mass is 320 g/mol. The molecule has 0 aliphatic carbocycles. The molecular formula is C16H16N8. The van der Waals surface area contributed by atoms with Crippen molar-refractivity contribution in [2.24, 2.45) is 7.05 Å². The molecular weight excluding hydrogens is 304 g/mol. The zero-order chi connectivity index (χ0) is 16.5. The number of hydrogen-bond acceptors (Lipinski definition) is 6. The van der Waals surface area contributed by atoms with Crippen LogP contribution in [-0.4, -0.2) is 29.5 Å². The Kier molecular flexibility index (Phi) is 3.34. The van der Waals surface area contributed by atoms with Crippen LogP contribution >= 0.6 is 0 Å². The van der Waals surface area contributed by atoms with E-state index in [0.717, 1.165) is 28.0 Å². The van der Waals surface area contributed by atoms with Crippen molar-refractivity contribution in [2.75, 3.05) is 11.1 Å². The molecule has 0 radical (unpaired) electrons. The van der Waals surface area contributed by atoms with Crippen LogP contribution < -0.4 is 11.1 Å². The molecule has 24 heavy (non-hydrogen) atoms. The maximum Gasteiger partial charge on any atom is 0.229 e. The van der Waals surface area contributed by atoms with Crippen molar-refractivity contribution >= 4 is 28.4 Å². The topological polar surface area (TPSA) is 99.5 Å². The van der Waals surface area contributed by atoms with Gasteiger partial charge in [0.05, 0.1) is 30.0 Å². The summed E-state index contributed by atoms with van der Waals surface area (Å²) in [7, 11) is 1.86. The van der Waals surface area contributed by atoms with Gasteiger partial charge in [0.2, 0.25) is 5.95 Å². The first-order valence-corrected chi connectivity index (χ1v) is 7.46. The van der Waals surface area contributed by atoms with Gasteiger partial charge in [-0.15, -0.1) is 0 Å². The van der Waals surface area contributed by atoms with Crippen LogP contribution in [0.25, 0.3) is 11.0 Å². The van der Waals surface area contributed by atoms with Gasteiger partial charge in [-0.1, -0.05) is 12.1 Å². The van der Waals surface area contributed by atoms with Crippen molar-refractivity contribution < 1.29 is 0 Å². The number of hydrogen-bond donors (Lipinski definition) is 2. The summed E-state index contributed by atoms with van der Waals surface area (Å²) in [6, 6.07) is 7.74. The van der Waals surface area contributed by atoms with Crippen molar-refractivity contribution in [1.82, 2.24) is 29.5 Å². The van der Waals surface area contributed by atoms with Crippen molar-refractivity contribution in [1.29, 1.82) is 0 Å². The molecule has 0 saturated carbocycles. The highest BCUT2D eigenvalue weighted by Crippen LogP contribution is 2.17. The average molecular weight is 320 g/mol. The number of nitrogens with two attached hydrogens (primary N) is 1. The molecule has 3 N–H and O–H groups in total. The average Bonchev–Trinajstić information content (AvgIpc) is 3.14. The Morgan fingerprint density at radius 3 is 2.88 bits per heavy atom. The van der Waals surface area contributed by atoms with E-state index >= 15 is 0 Å². The first kappa shape index (κ1) is 14.2. The summed E-state index contributed by atoms with van der Waals surface area (Å²) >= 11 is 0. The highest BCUT2D eigenvalue weighted by Gasteiger charge is 2.08. The molecule has 3 aromatic heterocycles. The van der Waals surface area contributed by atoms with E-state index in [1.165, 1.54) is 0 Å². The van der Waals surface area contributed by atoms with Gasteiger partial charge in [-0.3, -0.25) is 4.68 Å². The van der Waals surface area contributed by atoms with Crippen LogP contribution in [0, 0.1) is 0 Å². The van der Waals surface area contributed by atoms with Crippen LogP contribution in [0.3, 0.4) is 0 Å².